The molecule has 0 aromatic carbocycles. The molecule has 1 rings (SSSR count). The fourth-order valence-corrected chi connectivity index (χ4v) is 1.85. The Bertz CT molecular complexity index is 296. The van der Waals surface area contributed by atoms with Gasteiger partial charge in [0.25, 0.3) is 0 Å². The SMILES string of the molecule is CC(=O)O/N=C(\C)C1CCC(C#N)CC1. The van der Waals surface area contributed by atoms with Gasteiger partial charge in [-0.2, -0.15) is 5.26 Å². The van der Waals surface area contributed by atoms with Crippen molar-refractivity contribution in [2.75, 3.05) is 0 Å². The predicted molar refractivity (Wildman–Crippen MR) is 55.9 cm³/mol. The second-order valence-electron chi connectivity index (χ2n) is 3.99. The van der Waals surface area contributed by atoms with Gasteiger partial charge < -0.3 is 4.84 Å². The van der Waals surface area contributed by atoms with E-state index in [2.05, 4.69) is 16.1 Å². The van der Waals surface area contributed by atoms with E-state index in [9.17, 15) is 4.79 Å². The summed E-state index contributed by atoms with van der Waals surface area (Å²) in [6, 6.07) is 2.29. The first-order valence-corrected chi connectivity index (χ1v) is 5.25. The molecule has 1 fully saturated rings. The molecule has 4 nitrogen and oxygen atoms in total. The maximum absolute atomic E-state index is 10.6. The predicted octanol–water partition coefficient (Wildman–Crippen LogP) is 2.26. The van der Waals surface area contributed by atoms with Crippen molar-refractivity contribution in [3.8, 4) is 6.07 Å². The summed E-state index contributed by atoms with van der Waals surface area (Å²) in [7, 11) is 0. The van der Waals surface area contributed by atoms with Crippen molar-refractivity contribution in [3.63, 3.8) is 0 Å². The Hall–Kier alpha value is -1.37. The molecule has 4 heteroatoms. The van der Waals surface area contributed by atoms with Gasteiger partial charge in [0.2, 0.25) is 0 Å². The molecule has 1 aliphatic rings. The van der Waals surface area contributed by atoms with Gasteiger partial charge in [-0.05, 0) is 32.6 Å². The molecule has 0 saturated heterocycles. The standard InChI is InChI=1S/C11H16N2O2/c1-8(13-15-9(2)14)11-5-3-10(7-12)4-6-11/h10-11H,3-6H2,1-2H3/b13-8+. The summed E-state index contributed by atoms with van der Waals surface area (Å²) in [5.41, 5.74) is 0.863. The van der Waals surface area contributed by atoms with Crippen molar-refractivity contribution in [1.29, 1.82) is 5.26 Å². The Balaban J connectivity index is 2.43. The number of hydrogen-bond donors (Lipinski definition) is 0. The van der Waals surface area contributed by atoms with Crippen LogP contribution in [0.3, 0.4) is 0 Å². The van der Waals surface area contributed by atoms with Gasteiger partial charge in [-0.3, -0.25) is 0 Å². The van der Waals surface area contributed by atoms with Gasteiger partial charge in [-0.25, -0.2) is 4.79 Å². The van der Waals surface area contributed by atoms with Crippen molar-refractivity contribution in [2.45, 2.75) is 39.5 Å². The largest absolute Gasteiger partial charge is 0.331 e. The van der Waals surface area contributed by atoms with Gasteiger partial charge in [-0.15, -0.1) is 0 Å². The molecule has 0 radical (unpaired) electrons. The van der Waals surface area contributed by atoms with Crippen LogP contribution in [0.2, 0.25) is 0 Å². The molecule has 0 amide bonds. The van der Waals surface area contributed by atoms with E-state index in [0.29, 0.717) is 5.92 Å². The zero-order valence-corrected chi connectivity index (χ0v) is 9.19. The summed E-state index contributed by atoms with van der Waals surface area (Å²) in [6.07, 6.45) is 3.78. The van der Waals surface area contributed by atoms with E-state index in [1.54, 1.807) is 0 Å². The Labute approximate surface area is 89.9 Å². The summed E-state index contributed by atoms with van der Waals surface area (Å²) in [5, 5.41) is 12.5. The fraction of sp³-hybridized carbons (Fsp3) is 0.727. The summed E-state index contributed by atoms with van der Waals surface area (Å²) in [6.45, 7) is 3.21. The van der Waals surface area contributed by atoms with Gasteiger partial charge in [0.1, 0.15) is 0 Å². The summed E-state index contributed by atoms with van der Waals surface area (Å²) in [4.78, 5) is 15.2. The molecule has 0 atom stereocenters. The molecule has 0 aromatic heterocycles. The van der Waals surface area contributed by atoms with Crippen LogP contribution >= 0.6 is 0 Å². The third-order valence-electron chi connectivity index (χ3n) is 2.82. The Kier molecular flexibility index (Phi) is 4.29. The third kappa shape index (κ3) is 3.70. The maximum Gasteiger partial charge on any atom is 0.331 e. The van der Waals surface area contributed by atoms with Crippen molar-refractivity contribution in [1.82, 2.24) is 0 Å². The molecule has 0 heterocycles. The molecular formula is C11H16N2O2. The van der Waals surface area contributed by atoms with Crippen molar-refractivity contribution >= 4 is 11.7 Å². The first-order valence-electron chi connectivity index (χ1n) is 5.25. The maximum atomic E-state index is 10.6. The van der Waals surface area contributed by atoms with Crippen LogP contribution in [0.5, 0.6) is 0 Å². The molecule has 0 bridgehead atoms. The number of nitrogens with zero attached hydrogens (tertiary/aromatic N) is 2. The zero-order chi connectivity index (χ0) is 11.3. The number of carbonyl (C=O) groups excluding carboxylic acids is 1. The molecular weight excluding hydrogens is 192 g/mol. The van der Waals surface area contributed by atoms with E-state index in [4.69, 9.17) is 5.26 Å². The second kappa shape index (κ2) is 5.50. The van der Waals surface area contributed by atoms with Crippen LogP contribution in [0.15, 0.2) is 5.16 Å². The molecule has 15 heavy (non-hydrogen) atoms. The van der Waals surface area contributed by atoms with E-state index in [1.807, 2.05) is 6.92 Å². The quantitative estimate of drug-likeness (QED) is 0.397. The molecule has 0 aliphatic heterocycles. The first-order chi connectivity index (χ1) is 7.13. The first kappa shape index (κ1) is 11.7. The van der Waals surface area contributed by atoms with Gasteiger partial charge in [0.05, 0.1) is 11.8 Å². The molecule has 0 unspecified atom stereocenters. The van der Waals surface area contributed by atoms with Gasteiger partial charge in [0.15, 0.2) is 0 Å². The molecule has 82 valence electrons. The average molecular weight is 208 g/mol. The number of carbonyl (C=O) groups is 1. The lowest BCUT2D eigenvalue weighted by molar-refractivity contribution is -0.141. The molecule has 0 N–H and O–H groups in total. The molecule has 0 aromatic rings. The lowest BCUT2D eigenvalue weighted by atomic mass is 9.81. The summed E-state index contributed by atoms with van der Waals surface area (Å²) < 4.78 is 0. The van der Waals surface area contributed by atoms with Gasteiger partial charge in [-0.1, -0.05) is 5.16 Å². The average Bonchev–Trinajstić information content (AvgIpc) is 2.26. The topological polar surface area (TPSA) is 62.4 Å². The number of hydrogen-bond acceptors (Lipinski definition) is 4. The highest BCUT2D eigenvalue weighted by atomic mass is 16.7. The molecule has 0 spiro atoms. The normalized spacial score (nSPS) is 26.9. The van der Waals surface area contributed by atoms with Crippen molar-refractivity contribution in [2.24, 2.45) is 17.0 Å². The van der Waals surface area contributed by atoms with Crippen LogP contribution in [0.1, 0.15) is 39.5 Å². The Morgan fingerprint density at radius 2 is 1.93 bits per heavy atom. The van der Waals surface area contributed by atoms with Gasteiger partial charge >= 0.3 is 5.97 Å². The van der Waals surface area contributed by atoms with Gasteiger partial charge in [0, 0.05) is 18.8 Å². The van der Waals surface area contributed by atoms with E-state index in [-0.39, 0.29) is 11.9 Å². The zero-order valence-electron chi connectivity index (χ0n) is 9.19. The third-order valence-corrected chi connectivity index (χ3v) is 2.82. The van der Waals surface area contributed by atoms with E-state index in [1.165, 1.54) is 6.92 Å². The van der Waals surface area contributed by atoms with Crippen molar-refractivity contribution in [3.05, 3.63) is 0 Å². The minimum absolute atomic E-state index is 0.197. The lowest BCUT2D eigenvalue weighted by Crippen LogP contribution is -2.19. The number of rotatable bonds is 2. The van der Waals surface area contributed by atoms with Crippen LogP contribution < -0.4 is 0 Å². The number of oxime groups is 1. The summed E-state index contributed by atoms with van der Waals surface area (Å²) in [5.74, 6) is 0.178. The smallest absolute Gasteiger partial charge is 0.319 e. The van der Waals surface area contributed by atoms with Crippen LogP contribution in [-0.4, -0.2) is 11.7 Å². The van der Waals surface area contributed by atoms with E-state index < -0.39 is 0 Å². The minimum Gasteiger partial charge on any atom is -0.319 e. The fourth-order valence-electron chi connectivity index (χ4n) is 1.85. The molecule has 1 saturated carbocycles. The highest BCUT2D eigenvalue weighted by molar-refractivity contribution is 5.84. The highest BCUT2D eigenvalue weighted by Gasteiger charge is 2.23. The van der Waals surface area contributed by atoms with E-state index >= 15 is 0 Å². The minimum atomic E-state index is -0.389. The Morgan fingerprint density at radius 3 is 2.40 bits per heavy atom. The Morgan fingerprint density at radius 1 is 1.33 bits per heavy atom. The summed E-state index contributed by atoms with van der Waals surface area (Å²) >= 11 is 0. The van der Waals surface area contributed by atoms with E-state index in [0.717, 1.165) is 31.4 Å². The van der Waals surface area contributed by atoms with Crippen LogP contribution in [0.25, 0.3) is 0 Å². The monoisotopic (exact) mass is 208 g/mol. The second-order valence-corrected chi connectivity index (χ2v) is 3.99. The number of nitriles is 1. The van der Waals surface area contributed by atoms with Crippen LogP contribution in [0, 0.1) is 23.2 Å². The molecule has 1 aliphatic carbocycles. The van der Waals surface area contributed by atoms with Crippen LogP contribution in [0.4, 0.5) is 0 Å². The van der Waals surface area contributed by atoms with Crippen molar-refractivity contribution < 1.29 is 9.63 Å². The lowest BCUT2D eigenvalue weighted by Gasteiger charge is -2.23. The highest BCUT2D eigenvalue weighted by Crippen LogP contribution is 2.29. The van der Waals surface area contributed by atoms with Crippen LogP contribution in [-0.2, 0) is 9.63 Å².